The highest BCUT2D eigenvalue weighted by molar-refractivity contribution is 7.19. The molecule has 0 aliphatic carbocycles. The Balaban J connectivity index is 1.79. The van der Waals surface area contributed by atoms with Gasteiger partial charge in [0.2, 0.25) is 5.91 Å². The van der Waals surface area contributed by atoms with Crippen LogP contribution in [0.5, 0.6) is 0 Å². The molecule has 2 amide bonds. The molecule has 8 heteroatoms. The molecule has 0 bridgehead atoms. The molecule has 0 saturated carbocycles. The highest BCUT2D eigenvalue weighted by Gasteiger charge is 2.38. The van der Waals surface area contributed by atoms with E-state index in [0.29, 0.717) is 13.0 Å². The third kappa shape index (κ3) is 4.32. The van der Waals surface area contributed by atoms with E-state index < -0.39 is 17.7 Å². The molecule has 28 heavy (non-hydrogen) atoms. The average Bonchev–Trinajstić information content (AvgIpc) is 3.26. The van der Waals surface area contributed by atoms with Crippen molar-refractivity contribution in [3.05, 3.63) is 30.2 Å². The van der Waals surface area contributed by atoms with Crippen molar-refractivity contribution in [1.82, 2.24) is 14.9 Å². The fourth-order valence-electron chi connectivity index (χ4n) is 3.20. The highest BCUT2D eigenvalue weighted by atomic mass is 32.1. The molecule has 2 aromatic heterocycles. The number of rotatable bonds is 3. The first-order valence-electron chi connectivity index (χ1n) is 9.32. The summed E-state index contributed by atoms with van der Waals surface area (Å²) in [5.41, 5.74) is 1.10. The lowest BCUT2D eigenvalue weighted by Gasteiger charge is -2.30. The summed E-state index contributed by atoms with van der Waals surface area (Å²) in [6.45, 7) is 7.89. The van der Waals surface area contributed by atoms with Crippen LogP contribution in [0, 0.1) is 6.92 Å². The number of amides is 2. The standard InChI is InChI=1S/C20H26N4O3S/c1-13-18(28-16(22-13)14-8-6-10-21-12-14)23(5)17(25)15-9-7-11-24(15)19(26)27-20(2,3)4/h6,8,10,12,15H,7,9,11H2,1-5H3. The lowest BCUT2D eigenvalue weighted by atomic mass is 10.2. The minimum absolute atomic E-state index is 0.118. The summed E-state index contributed by atoms with van der Waals surface area (Å²) < 4.78 is 5.47. The summed E-state index contributed by atoms with van der Waals surface area (Å²) in [6, 6.07) is 3.29. The fraction of sp³-hybridized carbons (Fsp3) is 0.500. The maximum Gasteiger partial charge on any atom is 0.410 e. The maximum atomic E-state index is 13.2. The van der Waals surface area contributed by atoms with Crippen LogP contribution in [0.25, 0.3) is 10.6 Å². The maximum absolute atomic E-state index is 13.2. The number of anilines is 1. The van der Waals surface area contributed by atoms with Crippen molar-refractivity contribution >= 4 is 28.3 Å². The van der Waals surface area contributed by atoms with E-state index in [9.17, 15) is 9.59 Å². The smallest absolute Gasteiger partial charge is 0.410 e. The summed E-state index contributed by atoms with van der Waals surface area (Å²) in [5.74, 6) is -0.118. The predicted molar refractivity (Wildman–Crippen MR) is 109 cm³/mol. The van der Waals surface area contributed by atoms with Crippen molar-refractivity contribution in [3.63, 3.8) is 0 Å². The van der Waals surface area contributed by atoms with E-state index >= 15 is 0 Å². The number of aryl methyl sites for hydroxylation is 1. The Bertz CT molecular complexity index is 860. The number of aromatic nitrogens is 2. The zero-order valence-electron chi connectivity index (χ0n) is 16.9. The minimum Gasteiger partial charge on any atom is -0.444 e. The topological polar surface area (TPSA) is 75.6 Å². The fourth-order valence-corrected chi connectivity index (χ4v) is 4.22. The van der Waals surface area contributed by atoms with Crippen molar-refractivity contribution < 1.29 is 14.3 Å². The Morgan fingerprint density at radius 3 is 2.75 bits per heavy atom. The third-order valence-corrected chi connectivity index (χ3v) is 5.76. The van der Waals surface area contributed by atoms with Crippen LogP contribution in [-0.2, 0) is 9.53 Å². The molecular formula is C20H26N4O3S. The van der Waals surface area contributed by atoms with Gasteiger partial charge in [0.05, 0.1) is 5.69 Å². The van der Waals surface area contributed by atoms with Crippen molar-refractivity contribution in [1.29, 1.82) is 0 Å². The minimum atomic E-state index is -0.591. The molecule has 1 saturated heterocycles. The molecule has 3 heterocycles. The number of carbonyl (C=O) groups excluding carboxylic acids is 2. The van der Waals surface area contributed by atoms with Gasteiger partial charge >= 0.3 is 6.09 Å². The molecule has 1 fully saturated rings. The van der Waals surface area contributed by atoms with Gasteiger partial charge in [-0.05, 0) is 52.7 Å². The van der Waals surface area contributed by atoms with E-state index in [1.165, 1.54) is 11.3 Å². The van der Waals surface area contributed by atoms with Gasteiger partial charge in [-0.2, -0.15) is 0 Å². The Morgan fingerprint density at radius 2 is 2.11 bits per heavy atom. The number of hydrogen-bond acceptors (Lipinski definition) is 6. The molecular weight excluding hydrogens is 376 g/mol. The normalized spacial score (nSPS) is 16.9. The van der Waals surface area contributed by atoms with E-state index in [2.05, 4.69) is 9.97 Å². The van der Waals surface area contributed by atoms with Crippen LogP contribution in [0.2, 0.25) is 0 Å². The summed E-state index contributed by atoms with van der Waals surface area (Å²) in [6.07, 6.45) is 4.45. The molecule has 7 nitrogen and oxygen atoms in total. The third-order valence-electron chi connectivity index (χ3n) is 4.48. The van der Waals surface area contributed by atoms with Gasteiger partial charge in [-0.3, -0.25) is 14.7 Å². The number of nitrogens with zero attached hydrogens (tertiary/aromatic N) is 4. The first kappa shape index (κ1) is 20.3. The summed E-state index contributed by atoms with van der Waals surface area (Å²) >= 11 is 1.45. The number of ether oxygens (including phenoxy) is 1. The van der Waals surface area contributed by atoms with Crippen LogP contribution in [0.4, 0.5) is 9.80 Å². The van der Waals surface area contributed by atoms with E-state index in [-0.39, 0.29) is 5.91 Å². The number of likely N-dealkylation sites (N-methyl/N-ethyl adjacent to an activating group) is 1. The highest BCUT2D eigenvalue weighted by Crippen LogP contribution is 2.34. The molecule has 2 aromatic rings. The lowest BCUT2D eigenvalue weighted by Crippen LogP contribution is -2.48. The van der Waals surface area contributed by atoms with Crippen LogP contribution in [0.15, 0.2) is 24.5 Å². The summed E-state index contributed by atoms with van der Waals surface area (Å²) in [5, 5.41) is 1.59. The zero-order valence-corrected chi connectivity index (χ0v) is 17.7. The van der Waals surface area contributed by atoms with E-state index in [1.54, 1.807) is 29.2 Å². The van der Waals surface area contributed by atoms with Crippen LogP contribution >= 0.6 is 11.3 Å². The van der Waals surface area contributed by atoms with Crippen molar-refractivity contribution in [3.8, 4) is 10.6 Å². The molecule has 0 N–H and O–H groups in total. The first-order valence-corrected chi connectivity index (χ1v) is 10.1. The Kier molecular flexibility index (Phi) is 5.69. The van der Waals surface area contributed by atoms with Gasteiger partial charge in [-0.15, -0.1) is 0 Å². The molecule has 3 rings (SSSR count). The van der Waals surface area contributed by atoms with Gasteiger partial charge in [-0.1, -0.05) is 11.3 Å². The molecule has 1 atom stereocenters. The largest absolute Gasteiger partial charge is 0.444 e. The van der Waals surface area contributed by atoms with Gasteiger partial charge in [0, 0.05) is 31.5 Å². The quantitative estimate of drug-likeness (QED) is 0.779. The van der Waals surface area contributed by atoms with E-state index in [4.69, 9.17) is 4.74 Å². The molecule has 1 aliphatic rings. The number of hydrogen-bond donors (Lipinski definition) is 0. The molecule has 1 aliphatic heterocycles. The second-order valence-corrected chi connectivity index (χ2v) is 8.86. The molecule has 0 aromatic carbocycles. The van der Waals surface area contributed by atoms with E-state index in [1.807, 2.05) is 39.8 Å². The summed E-state index contributed by atoms with van der Waals surface area (Å²) in [7, 11) is 1.74. The Labute approximate surface area is 169 Å². The van der Waals surface area contributed by atoms with Gasteiger partial charge < -0.3 is 9.64 Å². The van der Waals surface area contributed by atoms with Gasteiger partial charge in [0.15, 0.2) is 0 Å². The van der Waals surface area contributed by atoms with Crippen LogP contribution in [0.1, 0.15) is 39.3 Å². The summed E-state index contributed by atoms with van der Waals surface area (Å²) in [4.78, 5) is 37.6. The van der Waals surface area contributed by atoms with Gasteiger partial charge in [-0.25, -0.2) is 9.78 Å². The van der Waals surface area contributed by atoms with Crippen molar-refractivity contribution in [2.24, 2.45) is 0 Å². The predicted octanol–water partition coefficient (Wildman–Crippen LogP) is 3.88. The second-order valence-electron chi connectivity index (χ2n) is 7.88. The van der Waals surface area contributed by atoms with Gasteiger partial charge in [0.25, 0.3) is 0 Å². The number of thiazole rings is 1. The first-order chi connectivity index (χ1) is 13.2. The molecule has 0 radical (unpaired) electrons. The van der Waals surface area contributed by atoms with Gasteiger partial charge in [0.1, 0.15) is 21.7 Å². The van der Waals surface area contributed by atoms with Crippen LogP contribution < -0.4 is 4.90 Å². The number of likely N-dealkylation sites (tertiary alicyclic amines) is 1. The van der Waals surface area contributed by atoms with Crippen molar-refractivity contribution in [2.45, 2.75) is 52.2 Å². The average molecular weight is 403 g/mol. The monoisotopic (exact) mass is 402 g/mol. The molecule has 150 valence electrons. The number of pyridine rings is 1. The molecule has 0 spiro atoms. The lowest BCUT2D eigenvalue weighted by molar-refractivity contribution is -0.122. The SMILES string of the molecule is Cc1nc(-c2cccnc2)sc1N(C)C(=O)C1CCCN1C(=O)OC(C)(C)C. The number of carbonyl (C=O) groups is 2. The zero-order chi connectivity index (χ0) is 20.5. The van der Waals surface area contributed by atoms with Crippen LogP contribution in [0.3, 0.4) is 0 Å². The van der Waals surface area contributed by atoms with Crippen LogP contribution in [-0.4, -0.2) is 52.1 Å². The van der Waals surface area contributed by atoms with E-state index in [0.717, 1.165) is 27.7 Å². The molecule has 1 unspecified atom stereocenters. The second kappa shape index (κ2) is 7.87. The Hall–Kier alpha value is -2.48. The van der Waals surface area contributed by atoms with Crippen molar-refractivity contribution in [2.75, 3.05) is 18.5 Å². The Morgan fingerprint density at radius 1 is 1.36 bits per heavy atom.